The van der Waals surface area contributed by atoms with Gasteiger partial charge in [0.2, 0.25) is 5.75 Å². The van der Waals surface area contributed by atoms with Crippen molar-refractivity contribution in [2.24, 2.45) is 0 Å². The number of benzene rings is 1. The van der Waals surface area contributed by atoms with Crippen molar-refractivity contribution in [3.05, 3.63) is 12.1 Å². The minimum Gasteiger partial charge on any atom is -0.504 e. The average Bonchev–Trinajstić information content (AvgIpc) is 2.17. The second-order valence-electron chi connectivity index (χ2n) is 2.35. The molecule has 0 fully saturated rings. The number of thioether (sulfide) groups is 1. The monoisotopic (exact) mass is 200 g/mol. The van der Waals surface area contributed by atoms with Crippen LogP contribution in [-0.2, 0) is 0 Å². The Balaban J connectivity index is 3.27. The average molecular weight is 200 g/mol. The summed E-state index contributed by atoms with van der Waals surface area (Å²) in [6.07, 6.45) is 1.94. The van der Waals surface area contributed by atoms with E-state index in [2.05, 4.69) is 0 Å². The van der Waals surface area contributed by atoms with Crippen molar-refractivity contribution >= 4 is 11.8 Å². The van der Waals surface area contributed by atoms with Crippen molar-refractivity contribution in [2.75, 3.05) is 20.5 Å². The summed E-state index contributed by atoms with van der Waals surface area (Å²) < 4.78 is 10.2. The Kier molecular flexibility index (Phi) is 3.31. The molecule has 13 heavy (non-hydrogen) atoms. The van der Waals surface area contributed by atoms with Crippen LogP contribution in [-0.4, -0.2) is 25.6 Å². The third kappa shape index (κ3) is 1.83. The van der Waals surface area contributed by atoms with Gasteiger partial charge >= 0.3 is 0 Å². The number of phenols is 1. The SMILES string of the molecule is COc1c(O)ccc(SC)c1OC. The summed E-state index contributed by atoms with van der Waals surface area (Å²) in [6.45, 7) is 0. The number of aromatic hydroxyl groups is 1. The summed E-state index contributed by atoms with van der Waals surface area (Å²) in [5, 5.41) is 9.43. The van der Waals surface area contributed by atoms with Crippen LogP contribution in [0.2, 0.25) is 0 Å². The van der Waals surface area contributed by atoms with Crippen molar-refractivity contribution in [3.63, 3.8) is 0 Å². The van der Waals surface area contributed by atoms with Gasteiger partial charge in [-0.1, -0.05) is 0 Å². The Hall–Kier alpha value is -1.03. The van der Waals surface area contributed by atoms with Crippen LogP contribution >= 0.6 is 11.8 Å². The summed E-state index contributed by atoms with van der Waals surface area (Å²) in [7, 11) is 3.05. The maximum absolute atomic E-state index is 9.43. The summed E-state index contributed by atoms with van der Waals surface area (Å²) >= 11 is 1.54. The molecule has 72 valence electrons. The number of hydrogen-bond donors (Lipinski definition) is 1. The van der Waals surface area contributed by atoms with E-state index in [0.717, 1.165) is 4.90 Å². The highest BCUT2D eigenvalue weighted by Crippen LogP contribution is 2.42. The maximum atomic E-state index is 9.43. The molecule has 0 aliphatic heterocycles. The molecule has 1 N–H and O–H groups in total. The van der Waals surface area contributed by atoms with Gasteiger partial charge in [-0.25, -0.2) is 0 Å². The van der Waals surface area contributed by atoms with E-state index in [9.17, 15) is 5.11 Å². The van der Waals surface area contributed by atoms with E-state index >= 15 is 0 Å². The molecule has 0 saturated carbocycles. The van der Waals surface area contributed by atoms with Crippen molar-refractivity contribution in [1.29, 1.82) is 0 Å². The van der Waals surface area contributed by atoms with Crippen LogP contribution in [0.3, 0.4) is 0 Å². The Bertz CT molecular complexity index is 299. The second-order valence-corrected chi connectivity index (χ2v) is 3.20. The Labute approximate surface area is 81.7 Å². The zero-order valence-electron chi connectivity index (χ0n) is 7.83. The van der Waals surface area contributed by atoms with Crippen LogP contribution < -0.4 is 9.47 Å². The summed E-state index contributed by atoms with van der Waals surface area (Å²) in [4.78, 5) is 0.942. The standard InChI is InChI=1S/C9H12O3S/c1-11-8-6(10)4-5-7(13-3)9(8)12-2/h4-5,10H,1-3H3. The molecule has 0 aromatic heterocycles. The molecule has 0 saturated heterocycles. The van der Waals surface area contributed by atoms with Crippen LogP contribution in [0.4, 0.5) is 0 Å². The lowest BCUT2D eigenvalue weighted by atomic mass is 10.3. The number of ether oxygens (including phenoxy) is 2. The van der Waals surface area contributed by atoms with E-state index in [-0.39, 0.29) is 5.75 Å². The zero-order chi connectivity index (χ0) is 9.84. The second kappa shape index (κ2) is 4.28. The van der Waals surface area contributed by atoms with Gasteiger partial charge in [0.05, 0.1) is 19.1 Å². The number of hydrogen-bond acceptors (Lipinski definition) is 4. The molecule has 0 bridgehead atoms. The van der Waals surface area contributed by atoms with Gasteiger partial charge in [0.25, 0.3) is 0 Å². The van der Waals surface area contributed by atoms with E-state index in [1.54, 1.807) is 31.0 Å². The molecule has 0 aliphatic rings. The minimum atomic E-state index is 0.0946. The van der Waals surface area contributed by atoms with Crippen LogP contribution in [0.1, 0.15) is 0 Å². The highest BCUT2D eigenvalue weighted by Gasteiger charge is 2.13. The molecular formula is C9H12O3S. The first-order valence-electron chi connectivity index (χ1n) is 3.72. The first kappa shape index (κ1) is 10.1. The van der Waals surface area contributed by atoms with Crippen LogP contribution in [0, 0.1) is 0 Å². The van der Waals surface area contributed by atoms with Gasteiger partial charge in [-0.3, -0.25) is 0 Å². The zero-order valence-corrected chi connectivity index (χ0v) is 8.64. The number of methoxy groups -OCH3 is 2. The highest BCUT2D eigenvalue weighted by atomic mass is 32.2. The van der Waals surface area contributed by atoms with Crippen LogP contribution in [0.5, 0.6) is 17.2 Å². The summed E-state index contributed by atoms with van der Waals surface area (Å²) in [6, 6.07) is 3.38. The lowest BCUT2D eigenvalue weighted by Crippen LogP contribution is -1.92. The maximum Gasteiger partial charge on any atom is 0.204 e. The number of phenolic OH excluding ortho intramolecular Hbond substituents is 1. The third-order valence-corrected chi connectivity index (χ3v) is 2.44. The fourth-order valence-corrected chi connectivity index (χ4v) is 1.65. The van der Waals surface area contributed by atoms with Crippen molar-refractivity contribution in [3.8, 4) is 17.2 Å². The molecule has 1 aromatic rings. The van der Waals surface area contributed by atoms with Crippen LogP contribution in [0.15, 0.2) is 17.0 Å². The molecule has 0 unspecified atom stereocenters. The van der Waals surface area contributed by atoms with E-state index in [0.29, 0.717) is 11.5 Å². The fraction of sp³-hybridized carbons (Fsp3) is 0.333. The third-order valence-electron chi connectivity index (χ3n) is 1.68. The molecule has 4 heteroatoms. The molecule has 1 rings (SSSR count). The van der Waals surface area contributed by atoms with Crippen molar-refractivity contribution in [1.82, 2.24) is 0 Å². The largest absolute Gasteiger partial charge is 0.504 e. The lowest BCUT2D eigenvalue weighted by Gasteiger charge is -2.11. The minimum absolute atomic E-state index is 0.0946. The summed E-state index contributed by atoms with van der Waals surface area (Å²) in [5.74, 6) is 1.06. The molecular weight excluding hydrogens is 188 g/mol. The normalized spacial score (nSPS) is 9.77. The molecule has 1 aromatic carbocycles. The van der Waals surface area contributed by atoms with Gasteiger partial charge in [-0.2, -0.15) is 0 Å². The fourth-order valence-electron chi connectivity index (χ4n) is 1.09. The van der Waals surface area contributed by atoms with E-state index < -0.39 is 0 Å². The Morgan fingerprint density at radius 3 is 2.23 bits per heavy atom. The smallest absolute Gasteiger partial charge is 0.204 e. The van der Waals surface area contributed by atoms with Crippen molar-refractivity contribution in [2.45, 2.75) is 4.90 Å². The van der Waals surface area contributed by atoms with E-state index in [1.807, 2.05) is 6.26 Å². The molecule has 0 radical (unpaired) electrons. The van der Waals surface area contributed by atoms with Crippen LogP contribution in [0.25, 0.3) is 0 Å². The Morgan fingerprint density at radius 1 is 1.15 bits per heavy atom. The predicted molar refractivity (Wildman–Crippen MR) is 53.0 cm³/mol. The topological polar surface area (TPSA) is 38.7 Å². The van der Waals surface area contributed by atoms with E-state index in [4.69, 9.17) is 9.47 Å². The van der Waals surface area contributed by atoms with Crippen molar-refractivity contribution < 1.29 is 14.6 Å². The first-order valence-corrected chi connectivity index (χ1v) is 4.95. The van der Waals surface area contributed by atoms with Gasteiger partial charge in [0.15, 0.2) is 11.5 Å². The molecule has 0 aliphatic carbocycles. The molecule has 3 nitrogen and oxygen atoms in total. The predicted octanol–water partition coefficient (Wildman–Crippen LogP) is 2.13. The summed E-state index contributed by atoms with van der Waals surface area (Å²) in [5.41, 5.74) is 0. The molecule has 0 heterocycles. The highest BCUT2D eigenvalue weighted by molar-refractivity contribution is 7.98. The Morgan fingerprint density at radius 2 is 1.77 bits per heavy atom. The molecule has 0 amide bonds. The van der Waals surface area contributed by atoms with Gasteiger partial charge in [0.1, 0.15) is 0 Å². The number of rotatable bonds is 3. The van der Waals surface area contributed by atoms with Gasteiger partial charge in [0, 0.05) is 0 Å². The van der Waals surface area contributed by atoms with Gasteiger partial charge in [-0.15, -0.1) is 11.8 Å². The van der Waals surface area contributed by atoms with E-state index in [1.165, 1.54) is 7.11 Å². The first-order chi connectivity index (χ1) is 6.24. The quantitative estimate of drug-likeness (QED) is 0.759. The molecule has 0 atom stereocenters. The van der Waals surface area contributed by atoms with Gasteiger partial charge in [-0.05, 0) is 18.4 Å². The van der Waals surface area contributed by atoms with Gasteiger partial charge < -0.3 is 14.6 Å². The molecule has 0 spiro atoms. The lowest BCUT2D eigenvalue weighted by molar-refractivity contribution is 0.327.